The fraction of sp³-hybridized carbons (Fsp3) is 1.00. The van der Waals surface area contributed by atoms with E-state index in [1.54, 1.807) is 0 Å². The average Bonchev–Trinajstić information content (AvgIpc) is 1.84. The van der Waals surface area contributed by atoms with Crippen molar-refractivity contribution in [1.29, 1.82) is 0 Å². The second-order valence-corrected chi connectivity index (χ2v) is 4.68. The Bertz CT molecular complexity index is 64.1. The summed E-state index contributed by atoms with van der Waals surface area (Å²) in [6.45, 7) is 0. The van der Waals surface area contributed by atoms with Crippen LogP contribution in [0, 0.1) is 0 Å². The highest BCUT2D eigenvalue weighted by Gasteiger charge is 2.36. The Morgan fingerprint density at radius 1 is 1.00 bits per heavy atom. The number of hydrogen-bond donors (Lipinski definition) is 2. The molecule has 0 aromatic heterocycles. The molecule has 1 saturated heterocycles. The van der Waals surface area contributed by atoms with E-state index in [1.165, 1.54) is 0 Å². The molecule has 7 heavy (non-hydrogen) atoms. The van der Waals surface area contributed by atoms with Gasteiger partial charge in [-0.25, -0.2) is 9.79 Å². The van der Waals surface area contributed by atoms with Crippen molar-refractivity contribution in [3.05, 3.63) is 0 Å². The van der Waals surface area contributed by atoms with Gasteiger partial charge in [0.1, 0.15) is 12.3 Å². The SMILES string of the molecule is O[P+]1(O)CCCC1. The Labute approximate surface area is 43.7 Å². The van der Waals surface area contributed by atoms with E-state index in [4.69, 9.17) is 9.79 Å². The Morgan fingerprint density at radius 2 is 1.43 bits per heavy atom. The van der Waals surface area contributed by atoms with Gasteiger partial charge in [-0.15, -0.1) is 0 Å². The van der Waals surface area contributed by atoms with Crippen LogP contribution in [0.4, 0.5) is 0 Å². The average molecular weight is 121 g/mol. The van der Waals surface area contributed by atoms with Gasteiger partial charge in [-0.2, -0.15) is 0 Å². The molecule has 0 spiro atoms. The van der Waals surface area contributed by atoms with Crippen molar-refractivity contribution in [3.8, 4) is 0 Å². The molecule has 0 amide bonds. The molecular formula is C4H10O2P+. The summed E-state index contributed by atoms with van der Waals surface area (Å²) in [7, 11) is -2.29. The summed E-state index contributed by atoms with van der Waals surface area (Å²) in [4.78, 5) is 17.7. The van der Waals surface area contributed by atoms with Crippen LogP contribution >= 0.6 is 7.72 Å². The molecule has 0 aromatic carbocycles. The molecule has 2 nitrogen and oxygen atoms in total. The van der Waals surface area contributed by atoms with Crippen LogP contribution in [0.3, 0.4) is 0 Å². The van der Waals surface area contributed by atoms with Gasteiger partial charge in [0, 0.05) is 0 Å². The van der Waals surface area contributed by atoms with Crippen molar-refractivity contribution < 1.29 is 9.79 Å². The fourth-order valence-corrected chi connectivity index (χ4v) is 2.53. The fourth-order valence-electron chi connectivity index (χ4n) is 0.842. The second-order valence-electron chi connectivity index (χ2n) is 2.03. The molecule has 1 aliphatic heterocycles. The van der Waals surface area contributed by atoms with Gasteiger partial charge in [0.25, 0.3) is 7.72 Å². The van der Waals surface area contributed by atoms with Crippen molar-refractivity contribution in [2.24, 2.45) is 0 Å². The van der Waals surface area contributed by atoms with Gasteiger partial charge in [0.05, 0.1) is 0 Å². The monoisotopic (exact) mass is 121 g/mol. The minimum atomic E-state index is -2.29. The van der Waals surface area contributed by atoms with Crippen LogP contribution in [0.5, 0.6) is 0 Å². The van der Waals surface area contributed by atoms with Crippen LogP contribution in [0.25, 0.3) is 0 Å². The first kappa shape index (κ1) is 5.49. The van der Waals surface area contributed by atoms with Gasteiger partial charge >= 0.3 is 0 Å². The zero-order valence-electron chi connectivity index (χ0n) is 4.17. The first-order chi connectivity index (χ1) is 3.21. The molecule has 0 aliphatic carbocycles. The molecule has 2 N–H and O–H groups in total. The quantitative estimate of drug-likeness (QED) is 0.461. The van der Waals surface area contributed by atoms with Crippen molar-refractivity contribution in [2.75, 3.05) is 12.3 Å². The van der Waals surface area contributed by atoms with Crippen LogP contribution in [-0.2, 0) is 0 Å². The summed E-state index contributed by atoms with van der Waals surface area (Å²) < 4.78 is 0. The first-order valence-corrected chi connectivity index (χ1v) is 4.60. The summed E-state index contributed by atoms with van der Waals surface area (Å²) in [5.41, 5.74) is 0. The lowest BCUT2D eigenvalue weighted by molar-refractivity contribution is 0.458. The second kappa shape index (κ2) is 1.70. The lowest BCUT2D eigenvalue weighted by Gasteiger charge is -1.99. The summed E-state index contributed by atoms with van der Waals surface area (Å²) >= 11 is 0. The molecule has 1 rings (SSSR count). The molecule has 3 heteroatoms. The zero-order valence-corrected chi connectivity index (χ0v) is 5.06. The van der Waals surface area contributed by atoms with Crippen LogP contribution in [0.1, 0.15) is 12.8 Å². The Kier molecular flexibility index (Phi) is 1.33. The number of rotatable bonds is 0. The maximum atomic E-state index is 8.86. The number of hydrogen-bond acceptors (Lipinski definition) is 2. The minimum absolute atomic E-state index is 0.674. The molecule has 1 fully saturated rings. The lowest BCUT2D eigenvalue weighted by Crippen LogP contribution is -1.88. The van der Waals surface area contributed by atoms with Gasteiger partial charge in [-0.05, 0) is 12.8 Å². The van der Waals surface area contributed by atoms with Gasteiger partial charge in [-0.1, -0.05) is 0 Å². The van der Waals surface area contributed by atoms with Crippen LogP contribution in [-0.4, -0.2) is 22.1 Å². The van der Waals surface area contributed by atoms with Gasteiger partial charge in [0.2, 0.25) is 0 Å². The molecule has 42 valence electrons. The highest BCUT2D eigenvalue weighted by atomic mass is 31.2. The van der Waals surface area contributed by atoms with Gasteiger partial charge in [-0.3, -0.25) is 0 Å². The Hall–Kier alpha value is 0.350. The third kappa shape index (κ3) is 1.37. The van der Waals surface area contributed by atoms with Gasteiger partial charge in [0.15, 0.2) is 0 Å². The van der Waals surface area contributed by atoms with E-state index < -0.39 is 7.72 Å². The third-order valence-electron chi connectivity index (χ3n) is 1.28. The van der Waals surface area contributed by atoms with Crippen molar-refractivity contribution in [2.45, 2.75) is 12.8 Å². The van der Waals surface area contributed by atoms with E-state index in [-0.39, 0.29) is 0 Å². The maximum Gasteiger partial charge on any atom is 0.267 e. The van der Waals surface area contributed by atoms with E-state index in [9.17, 15) is 0 Å². The highest BCUT2D eigenvalue weighted by molar-refractivity contribution is 7.64. The first-order valence-electron chi connectivity index (χ1n) is 2.53. The highest BCUT2D eigenvalue weighted by Crippen LogP contribution is 2.55. The Balaban J connectivity index is 2.40. The molecular weight excluding hydrogens is 111 g/mol. The van der Waals surface area contributed by atoms with Crippen molar-refractivity contribution in [1.82, 2.24) is 0 Å². The smallest absolute Gasteiger partial charge is 0.220 e. The van der Waals surface area contributed by atoms with E-state index in [0.29, 0.717) is 12.3 Å². The predicted molar refractivity (Wildman–Crippen MR) is 30.3 cm³/mol. The predicted octanol–water partition coefficient (Wildman–Crippen LogP) is 0.612. The summed E-state index contributed by atoms with van der Waals surface area (Å²) in [6, 6.07) is 0. The van der Waals surface area contributed by atoms with E-state index in [2.05, 4.69) is 0 Å². The van der Waals surface area contributed by atoms with Gasteiger partial charge < -0.3 is 0 Å². The van der Waals surface area contributed by atoms with Crippen LogP contribution in [0.2, 0.25) is 0 Å². The third-order valence-corrected chi connectivity index (χ3v) is 3.35. The zero-order chi connectivity index (χ0) is 5.33. The van der Waals surface area contributed by atoms with Crippen molar-refractivity contribution in [3.63, 3.8) is 0 Å². The van der Waals surface area contributed by atoms with E-state index in [1.807, 2.05) is 0 Å². The summed E-state index contributed by atoms with van der Waals surface area (Å²) in [6.07, 6.45) is 3.38. The minimum Gasteiger partial charge on any atom is -0.220 e. The normalized spacial score (nSPS) is 28.3. The van der Waals surface area contributed by atoms with Crippen LogP contribution < -0.4 is 0 Å². The summed E-state index contributed by atoms with van der Waals surface area (Å²) in [5, 5.41) is 0. The molecule has 0 bridgehead atoms. The van der Waals surface area contributed by atoms with Crippen molar-refractivity contribution >= 4 is 7.72 Å². The van der Waals surface area contributed by atoms with E-state index in [0.717, 1.165) is 12.8 Å². The molecule has 0 aromatic rings. The summed E-state index contributed by atoms with van der Waals surface area (Å²) in [5.74, 6) is 0. The molecule has 0 unspecified atom stereocenters. The Morgan fingerprint density at radius 3 is 1.57 bits per heavy atom. The lowest BCUT2D eigenvalue weighted by atomic mass is 10.4. The maximum absolute atomic E-state index is 8.86. The van der Waals surface area contributed by atoms with Crippen LogP contribution in [0.15, 0.2) is 0 Å². The molecule has 0 radical (unpaired) electrons. The molecule has 1 aliphatic rings. The molecule has 0 atom stereocenters. The standard InChI is InChI=1S/C4H10O2P/c5-7(6)3-1-2-4-7/h5-6H,1-4H2/q+1. The molecule has 0 saturated carbocycles. The van der Waals surface area contributed by atoms with E-state index >= 15 is 0 Å². The largest absolute Gasteiger partial charge is 0.267 e. The topological polar surface area (TPSA) is 40.5 Å². The molecule has 1 heterocycles.